The zero-order valence-corrected chi connectivity index (χ0v) is 14.9. The molecular weight excluding hydrogens is 446 g/mol. The molecule has 3 aromatic rings. The van der Waals surface area contributed by atoms with E-state index in [4.69, 9.17) is 4.42 Å². The molecule has 21 heavy (non-hydrogen) atoms. The van der Waals surface area contributed by atoms with E-state index in [1.165, 1.54) is 0 Å². The summed E-state index contributed by atoms with van der Waals surface area (Å²) in [7, 11) is 0. The predicted octanol–water partition coefficient (Wildman–Crippen LogP) is 6.43. The van der Waals surface area contributed by atoms with Gasteiger partial charge in [-0.15, -0.1) is 0 Å². The Kier molecular flexibility index (Phi) is 4.17. The number of hydrogen-bond acceptors (Lipinski definition) is 1. The van der Waals surface area contributed by atoms with Crippen LogP contribution in [-0.4, -0.2) is 0 Å². The van der Waals surface area contributed by atoms with Crippen LogP contribution in [0.5, 0.6) is 0 Å². The molecule has 0 atom stereocenters. The quantitative estimate of drug-likeness (QED) is 0.405. The number of furan rings is 1. The van der Waals surface area contributed by atoms with Crippen LogP contribution in [0.1, 0.15) is 5.56 Å². The Hall–Kier alpha value is -1.14. The molecular formula is C17H11BrFIO. The van der Waals surface area contributed by atoms with Crippen molar-refractivity contribution in [2.24, 2.45) is 0 Å². The van der Waals surface area contributed by atoms with Gasteiger partial charge in [-0.25, -0.2) is 4.39 Å². The molecule has 1 aromatic heterocycles. The van der Waals surface area contributed by atoms with Crippen molar-refractivity contribution in [1.82, 2.24) is 0 Å². The second-order valence-electron chi connectivity index (χ2n) is 4.76. The van der Waals surface area contributed by atoms with Crippen molar-refractivity contribution in [3.63, 3.8) is 0 Å². The second kappa shape index (κ2) is 5.93. The zero-order valence-electron chi connectivity index (χ0n) is 11.2. The SMILES string of the molecule is Cc1ccc(-c2oc(-c3ccc(Br)cc3)c(F)c2I)cc1. The van der Waals surface area contributed by atoms with Gasteiger partial charge in [-0.2, -0.15) is 0 Å². The van der Waals surface area contributed by atoms with E-state index < -0.39 is 0 Å². The third-order valence-electron chi connectivity index (χ3n) is 3.22. The largest absolute Gasteiger partial charge is 0.452 e. The second-order valence-corrected chi connectivity index (χ2v) is 6.76. The van der Waals surface area contributed by atoms with Crippen molar-refractivity contribution in [2.75, 3.05) is 0 Å². The number of aryl methyl sites for hydroxylation is 1. The maximum absolute atomic E-state index is 14.5. The lowest BCUT2D eigenvalue weighted by Crippen LogP contribution is -1.80. The Labute approximate surface area is 144 Å². The maximum Gasteiger partial charge on any atom is 0.183 e. The average molecular weight is 457 g/mol. The Morgan fingerprint density at radius 3 is 2.05 bits per heavy atom. The first-order valence-electron chi connectivity index (χ1n) is 6.37. The first-order valence-corrected chi connectivity index (χ1v) is 8.24. The van der Waals surface area contributed by atoms with Crippen LogP contribution >= 0.6 is 38.5 Å². The summed E-state index contributed by atoms with van der Waals surface area (Å²) in [6.07, 6.45) is 0. The lowest BCUT2D eigenvalue weighted by atomic mass is 10.1. The van der Waals surface area contributed by atoms with Crippen LogP contribution in [0.25, 0.3) is 22.6 Å². The van der Waals surface area contributed by atoms with E-state index in [0.29, 0.717) is 9.33 Å². The molecule has 0 aliphatic rings. The standard InChI is InChI=1S/C17H11BrFIO/c1-10-2-4-12(5-3-10)17-15(20)14(19)16(21-17)11-6-8-13(18)9-7-11/h2-9H,1H3. The van der Waals surface area contributed by atoms with Crippen LogP contribution in [-0.2, 0) is 0 Å². The number of rotatable bonds is 2. The molecule has 1 nitrogen and oxygen atoms in total. The minimum atomic E-state index is -0.312. The smallest absolute Gasteiger partial charge is 0.183 e. The fourth-order valence-electron chi connectivity index (χ4n) is 2.07. The van der Waals surface area contributed by atoms with Gasteiger partial charge in [0.05, 0.1) is 3.57 Å². The normalized spacial score (nSPS) is 10.9. The molecule has 0 saturated carbocycles. The van der Waals surface area contributed by atoms with Gasteiger partial charge in [0.15, 0.2) is 17.3 Å². The fourth-order valence-corrected chi connectivity index (χ4v) is 3.00. The van der Waals surface area contributed by atoms with Crippen molar-refractivity contribution >= 4 is 38.5 Å². The van der Waals surface area contributed by atoms with Gasteiger partial charge in [0.25, 0.3) is 0 Å². The summed E-state index contributed by atoms with van der Waals surface area (Å²) in [4.78, 5) is 0. The van der Waals surface area contributed by atoms with Crippen LogP contribution in [0, 0.1) is 16.3 Å². The third kappa shape index (κ3) is 2.92. The highest BCUT2D eigenvalue weighted by Gasteiger charge is 2.20. The van der Waals surface area contributed by atoms with E-state index in [2.05, 4.69) is 15.9 Å². The van der Waals surface area contributed by atoms with Crippen LogP contribution in [0.2, 0.25) is 0 Å². The molecule has 3 rings (SSSR count). The van der Waals surface area contributed by atoms with E-state index >= 15 is 0 Å². The summed E-state index contributed by atoms with van der Waals surface area (Å²) in [5, 5.41) is 0. The number of benzene rings is 2. The van der Waals surface area contributed by atoms with Crippen LogP contribution < -0.4 is 0 Å². The summed E-state index contributed by atoms with van der Waals surface area (Å²) in [5.41, 5.74) is 2.77. The van der Waals surface area contributed by atoms with E-state index in [1.807, 2.05) is 78.0 Å². The van der Waals surface area contributed by atoms with Crippen molar-refractivity contribution in [1.29, 1.82) is 0 Å². The van der Waals surface area contributed by atoms with Gasteiger partial charge in [-0.05, 0) is 41.6 Å². The molecule has 0 radical (unpaired) electrons. The number of hydrogen-bond donors (Lipinski definition) is 0. The monoisotopic (exact) mass is 456 g/mol. The van der Waals surface area contributed by atoms with Crippen molar-refractivity contribution in [3.8, 4) is 22.6 Å². The molecule has 0 saturated heterocycles. The van der Waals surface area contributed by atoms with E-state index in [9.17, 15) is 4.39 Å². The van der Waals surface area contributed by atoms with Crippen LogP contribution in [0.4, 0.5) is 4.39 Å². The van der Waals surface area contributed by atoms with E-state index in [-0.39, 0.29) is 11.6 Å². The summed E-state index contributed by atoms with van der Waals surface area (Å²) in [6, 6.07) is 15.3. The fraction of sp³-hybridized carbons (Fsp3) is 0.0588. The Bertz CT molecular complexity index is 710. The summed E-state index contributed by atoms with van der Waals surface area (Å²) in [6.45, 7) is 2.02. The van der Waals surface area contributed by atoms with Gasteiger partial charge in [0.1, 0.15) is 0 Å². The topological polar surface area (TPSA) is 13.1 Å². The minimum absolute atomic E-state index is 0.280. The molecule has 0 N–H and O–H groups in total. The van der Waals surface area contributed by atoms with Gasteiger partial charge >= 0.3 is 0 Å². The minimum Gasteiger partial charge on any atom is -0.452 e. The average Bonchev–Trinajstić information content (AvgIpc) is 2.78. The lowest BCUT2D eigenvalue weighted by molar-refractivity contribution is 0.557. The Morgan fingerprint density at radius 1 is 0.905 bits per heavy atom. The molecule has 0 bridgehead atoms. The Morgan fingerprint density at radius 2 is 1.43 bits per heavy atom. The highest BCUT2D eigenvalue weighted by Crippen LogP contribution is 2.37. The summed E-state index contributed by atoms with van der Waals surface area (Å²) in [5.74, 6) is 0.544. The molecule has 0 aliphatic heterocycles. The van der Waals surface area contributed by atoms with Crippen molar-refractivity contribution in [3.05, 3.63) is 68.0 Å². The van der Waals surface area contributed by atoms with Crippen molar-refractivity contribution in [2.45, 2.75) is 6.92 Å². The molecule has 2 aromatic carbocycles. The molecule has 1 heterocycles. The summed E-state index contributed by atoms with van der Waals surface area (Å²) >= 11 is 5.37. The predicted molar refractivity (Wildman–Crippen MR) is 94.7 cm³/mol. The first kappa shape index (κ1) is 14.8. The maximum atomic E-state index is 14.5. The van der Waals surface area contributed by atoms with Crippen LogP contribution in [0.15, 0.2) is 57.4 Å². The molecule has 4 heteroatoms. The number of halogens is 3. The van der Waals surface area contributed by atoms with E-state index in [1.54, 1.807) is 0 Å². The Balaban J connectivity index is 2.11. The highest BCUT2D eigenvalue weighted by molar-refractivity contribution is 14.1. The third-order valence-corrected chi connectivity index (χ3v) is 4.71. The molecule has 0 spiro atoms. The van der Waals surface area contributed by atoms with Crippen molar-refractivity contribution < 1.29 is 8.81 Å². The van der Waals surface area contributed by atoms with Gasteiger partial charge < -0.3 is 4.42 Å². The molecule has 0 fully saturated rings. The van der Waals surface area contributed by atoms with Gasteiger partial charge in [0.2, 0.25) is 0 Å². The molecule has 0 aliphatic carbocycles. The zero-order chi connectivity index (χ0) is 15.0. The molecule has 0 amide bonds. The molecule has 106 valence electrons. The van der Waals surface area contributed by atoms with Gasteiger partial charge in [-0.3, -0.25) is 0 Å². The van der Waals surface area contributed by atoms with Gasteiger partial charge in [0, 0.05) is 15.6 Å². The summed E-state index contributed by atoms with van der Waals surface area (Å²) < 4.78 is 21.7. The first-order chi connectivity index (χ1) is 10.1. The van der Waals surface area contributed by atoms with Gasteiger partial charge in [-0.1, -0.05) is 57.9 Å². The highest BCUT2D eigenvalue weighted by atomic mass is 127. The lowest BCUT2D eigenvalue weighted by Gasteiger charge is -1.99. The molecule has 0 unspecified atom stereocenters. The van der Waals surface area contributed by atoms with E-state index in [0.717, 1.165) is 21.2 Å². The van der Waals surface area contributed by atoms with Crippen LogP contribution in [0.3, 0.4) is 0 Å².